The van der Waals surface area contributed by atoms with Crippen LogP contribution in [0.4, 0.5) is 5.69 Å². The predicted octanol–water partition coefficient (Wildman–Crippen LogP) is 3.03. The number of carbonyl (C=O) groups is 1. The van der Waals surface area contributed by atoms with Crippen LogP contribution in [0.1, 0.15) is 33.5 Å². The predicted molar refractivity (Wildman–Crippen MR) is 85.1 cm³/mol. The Kier molecular flexibility index (Phi) is 3.65. The fourth-order valence-electron chi connectivity index (χ4n) is 2.89. The van der Waals surface area contributed by atoms with E-state index in [1.807, 2.05) is 37.4 Å². The number of hydrogen-bond donors (Lipinski definition) is 1. The number of hydrogen-bond acceptors (Lipinski definition) is 2. The minimum Gasteiger partial charge on any atom is -0.399 e. The maximum Gasteiger partial charge on any atom is 0.253 e. The summed E-state index contributed by atoms with van der Waals surface area (Å²) in [6.07, 6.45) is 3.44. The van der Waals surface area contributed by atoms with E-state index in [-0.39, 0.29) is 5.91 Å². The zero-order valence-corrected chi connectivity index (χ0v) is 12.3. The molecule has 1 amide bonds. The van der Waals surface area contributed by atoms with Crippen LogP contribution >= 0.6 is 0 Å². The summed E-state index contributed by atoms with van der Waals surface area (Å²) in [6.45, 7) is 0.593. The Morgan fingerprint density at radius 2 is 1.81 bits per heavy atom. The molecule has 0 saturated carbocycles. The van der Waals surface area contributed by atoms with E-state index in [9.17, 15) is 4.79 Å². The lowest BCUT2D eigenvalue weighted by Gasteiger charge is -2.18. The SMILES string of the molecule is CN(Cc1ccc(N)cc1)C(=O)c1ccc2c(c1)CCC2. The molecule has 21 heavy (non-hydrogen) atoms. The molecule has 2 N–H and O–H groups in total. The lowest BCUT2D eigenvalue weighted by Crippen LogP contribution is -2.26. The van der Waals surface area contributed by atoms with Crippen molar-refractivity contribution in [3.05, 3.63) is 64.7 Å². The smallest absolute Gasteiger partial charge is 0.253 e. The van der Waals surface area contributed by atoms with E-state index in [1.54, 1.807) is 4.90 Å². The zero-order valence-electron chi connectivity index (χ0n) is 12.3. The average molecular weight is 280 g/mol. The number of amides is 1. The first kappa shape index (κ1) is 13.7. The molecule has 1 aliphatic rings. The van der Waals surface area contributed by atoms with Gasteiger partial charge in [0.25, 0.3) is 5.91 Å². The number of nitrogens with two attached hydrogens (primary N) is 1. The third kappa shape index (κ3) is 2.92. The van der Waals surface area contributed by atoms with Gasteiger partial charge < -0.3 is 10.6 Å². The van der Waals surface area contributed by atoms with Crippen molar-refractivity contribution in [2.24, 2.45) is 0 Å². The molecule has 1 aliphatic carbocycles. The number of fused-ring (bicyclic) bond motifs is 1. The van der Waals surface area contributed by atoms with Crippen LogP contribution in [0.25, 0.3) is 0 Å². The molecule has 0 bridgehead atoms. The molecule has 2 aromatic carbocycles. The van der Waals surface area contributed by atoms with E-state index in [1.165, 1.54) is 17.5 Å². The maximum absolute atomic E-state index is 12.5. The number of nitrogen functional groups attached to an aromatic ring is 1. The summed E-state index contributed by atoms with van der Waals surface area (Å²) < 4.78 is 0. The van der Waals surface area contributed by atoms with Crippen LogP contribution in [0.2, 0.25) is 0 Å². The molecule has 108 valence electrons. The highest BCUT2D eigenvalue weighted by Crippen LogP contribution is 2.23. The normalized spacial score (nSPS) is 13.0. The van der Waals surface area contributed by atoms with Gasteiger partial charge in [-0.2, -0.15) is 0 Å². The van der Waals surface area contributed by atoms with Crippen molar-refractivity contribution >= 4 is 11.6 Å². The number of rotatable bonds is 3. The van der Waals surface area contributed by atoms with E-state index in [0.717, 1.165) is 29.7 Å². The van der Waals surface area contributed by atoms with E-state index < -0.39 is 0 Å². The topological polar surface area (TPSA) is 46.3 Å². The van der Waals surface area contributed by atoms with E-state index in [0.29, 0.717) is 6.54 Å². The van der Waals surface area contributed by atoms with Crippen molar-refractivity contribution in [3.63, 3.8) is 0 Å². The third-order valence-corrected chi connectivity index (χ3v) is 4.09. The third-order valence-electron chi connectivity index (χ3n) is 4.09. The molecule has 0 atom stereocenters. The summed E-state index contributed by atoms with van der Waals surface area (Å²) >= 11 is 0. The monoisotopic (exact) mass is 280 g/mol. The highest BCUT2D eigenvalue weighted by Gasteiger charge is 2.16. The van der Waals surface area contributed by atoms with Crippen LogP contribution < -0.4 is 5.73 Å². The van der Waals surface area contributed by atoms with Gasteiger partial charge in [0.2, 0.25) is 0 Å². The van der Waals surface area contributed by atoms with Crippen molar-refractivity contribution in [1.29, 1.82) is 0 Å². The Balaban J connectivity index is 1.73. The first-order chi connectivity index (χ1) is 10.1. The van der Waals surface area contributed by atoms with Gasteiger partial charge >= 0.3 is 0 Å². The highest BCUT2D eigenvalue weighted by atomic mass is 16.2. The van der Waals surface area contributed by atoms with Gasteiger partial charge in [-0.3, -0.25) is 4.79 Å². The van der Waals surface area contributed by atoms with Crippen molar-refractivity contribution in [2.75, 3.05) is 12.8 Å². The van der Waals surface area contributed by atoms with Gasteiger partial charge in [0.05, 0.1) is 0 Å². The summed E-state index contributed by atoms with van der Waals surface area (Å²) in [4.78, 5) is 14.3. The van der Waals surface area contributed by atoms with Gasteiger partial charge in [0, 0.05) is 24.8 Å². The number of nitrogens with zero attached hydrogens (tertiary/aromatic N) is 1. The lowest BCUT2D eigenvalue weighted by molar-refractivity contribution is 0.0785. The van der Waals surface area contributed by atoms with Crippen molar-refractivity contribution in [2.45, 2.75) is 25.8 Å². The van der Waals surface area contributed by atoms with Crippen molar-refractivity contribution in [1.82, 2.24) is 4.90 Å². The minimum absolute atomic E-state index is 0.0709. The van der Waals surface area contributed by atoms with Gasteiger partial charge in [-0.15, -0.1) is 0 Å². The molecule has 0 unspecified atom stereocenters. The molecule has 2 aromatic rings. The fraction of sp³-hybridized carbons (Fsp3) is 0.278. The Labute approximate surface area is 125 Å². The summed E-state index contributed by atoms with van der Waals surface area (Å²) in [5.74, 6) is 0.0709. The standard InChI is InChI=1S/C18H20N2O/c1-20(12-13-5-9-17(19)10-6-13)18(21)16-8-7-14-3-2-4-15(14)11-16/h5-11H,2-4,12,19H2,1H3. The highest BCUT2D eigenvalue weighted by molar-refractivity contribution is 5.94. The quantitative estimate of drug-likeness (QED) is 0.878. The molecule has 0 aromatic heterocycles. The molecule has 3 rings (SSSR count). The van der Waals surface area contributed by atoms with Gasteiger partial charge in [0.15, 0.2) is 0 Å². The van der Waals surface area contributed by atoms with E-state index in [4.69, 9.17) is 5.73 Å². The summed E-state index contributed by atoms with van der Waals surface area (Å²) in [5, 5.41) is 0. The van der Waals surface area contributed by atoms with Gasteiger partial charge in [-0.1, -0.05) is 18.2 Å². The summed E-state index contributed by atoms with van der Waals surface area (Å²) in [5.41, 5.74) is 11.0. The maximum atomic E-state index is 12.5. The molecule has 3 nitrogen and oxygen atoms in total. The molecule has 0 radical (unpaired) electrons. The van der Waals surface area contributed by atoms with Crippen LogP contribution in [-0.4, -0.2) is 17.9 Å². The van der Waals surface area contributed by atoms with Crippen LogP contribution in [0, 0.1) is 0 Å². The van der Waals surface area contributed by atoms with Gasteiger partial charge in [0.1, 0.15) is 0 Å². The minimum atomic E-state index is 0.0709. The Hall–Kier alpha value is -2.29. The van der Waals surface area contributed by atoms with Crippen LogP contribution in [0.5, 0.6) is 0 Å². The van der Waals surface area contributed by atoms with E-state index >= 15 is 0 Å². The Morgan fingerprint density at radius 1 is 1.10 bits per heavy atom. The fourth-order valence-corrected chi connectivity index (χ4v) is 2.89. The van der Waals surface area contributed by atoms with Crippen LogP contribution in [-0.2, 0) is 19.4 Å². The number of anilines is 1. The number of benzene rings is 2. The largest absolute Gasteiger partial charge is 0.399 e. The summed E-state index contributed by atoms with van der Waals surface area (Å²) in [7, 11) is 1.84. The van der Waals surface area contributed by atoms with Crippen LogP contribution in [0.15, 0.2) is 42.5 Å². The van der Waals surface area contributed by atoms with Crippen molar-refractivity contribution < 1.29 is 4.79 Å². The number of carbonyl (C=O) groups excluding carboxylic acids is 1. The molecule has 0 saturated heterocycles. The van der Waals surface area contributed by atoms with E-state index in [2.05, 4.69) is 12.1 Å². The number of aryl methyl sites for hydroxylation is 2. The van der Waals surface area contributed by atoms with Crippen LogP contribution in [0.3, 0.4) is 0 Å². The molecular weight excluding hydrogens is 260 g/mol. The molecular formula is C18H20N2O. The first-order valence-corrected chi connectivity index (χ1v) is 7.35. The second-order valence-corrected chi connectivity index (χ2v) is 5.74. The first-order valence-electron chi connectivity index (χ1n) is 7.35. The average Bonchev–Trinajstić information content (AvgIpc) is 2.96. The second kappa shape index (κ2) is 5.60. The summed E-state index contributed by atoms with van der Waals surface area (Å²) in [6, 6.07) is 13.8. The van der Waals surface area contributed by atoms with Gasteiger partial charge in [-0.25, -0.2) is 0 Å². The Bertz CT molecular complexity index is 661. The zero-order chi connectivity index (χ0) is 14.8. The molecule has 0 spiro atoms. The van der Waals surface area contributed by atoms with Crippen molar-refractivity contribution in [3.8, 4) is 0 Å². The molecule has 0 aliphatic heterocycles. The molecule has 0 heterocycles. The molecule has 3 heteroatoms. The van der Waals surface area contributed by atoms with Gasteiger partial charge in [-0.05, 0) is 60.2 Å². The Morgan fingerprint density at radius 3 is 2.57 bits per heavy atom. The second-order valence-electron chi connectivity index (χ2n) is 5.74. The lowest BCUT2D eigenvalue weighted by atomic mass is 10.1. The molecule has 0 fully saturated rings.